The zero-order chi connectivity index (χ0) is 16.0. The van der Waals surface area contributed by atoms with E-state index in [2.05, 4.69) is 20.7 Å². The molecule has 2 heterocycles. The van der Waals surface area contributed by atoms with Gasteiger partial charge in [-0.1, -0.05) is 23.7 Å². The number of carbonyl (C=O) groups is 1. The molecule has 1 aromatic carbocycles. The number of rotatable bonds is 3. The van der Waals surface area contributed by atoms with Crippen LogP contribution in [0.5, 0.6) is 5.75 Å². The summed E-state index contributed by atoms with van der Waals surface area (Å²) >= 11 is 6.30. The van der Waals surface area contributed by atoms with Gasteiger partial charge in [0.05, 0.1) is 5.39 Å². The maximum absolute atomic E-state index is 10.8. The lowest BCUT2D eigenvalue weighted by Crippen LogP contribution is -2.16. The lowest BCUT2D eigenvalue weighted by Gasteiger charge is -2.03. The highest BCUT2D eigenvalue weighted by Gasteiger charge is 2.27. The Morgan fingerprint density at radius 3 is 2.65 bits per heavy atom. The molecule has 0 atom stereocenters. The van der Waals surface area contributed by atoms with Crippen LogP contribution < -0.4 is 10.5 Å². The summed E-state index contributed by atoms with van der Waals surface area (Å²) in [6.07, 6.45) is 5.01. The number of ether oxygens (including phenoxy) is 1. The standard InChI is InChI=1S/C16H13ClN4O2/c17-14-13-12(9-1-5-11(6-2-9)23-16(18)22)7-21(10-3-4-10)15(13)20-8-19-14/h1-2,5-8,10H,3-4H2,(H2,18,22). The number of primary amides is 1. The van der Waals surface area contributed by atoms with Crippen molar-refractivity contribution >= 4 is 28.7 Å². The first kappa shape index (κ1) is 14.0. The zero-order valence-electron chi connectivity index (χ0n) is 12.1. The third kappa shape index (κ3) is 2.51. The molecule has 116 valence electrons. The summed E-state index contributed by atoms with van der Waals surface area (Å²) in [4.78, 5) is 19.3. The molecule has 1 fully saturated rings. The molecule has 0 unspecified atom stereocenters. The second kappa shape index (κ2) is 5.24. The van der Waals surface area contributed by atoms with Crippen molar-refractivity contribution in [2.75, 3.05) is 0 Å². The van der Waals surface area contributed by atoms with Crippen LogP contribution in [0.2, 0.25) is 5.15 Å². The molecule has 0 aliphatic heterocycles. The Bertz CT molecular complexity index is 900. The van der Waals surface area contributed by atoms with E-state index in [9.17, 15) is 4.79 Å². The topological polar surface area (TPSA) is 83.0 Å². The molecule has 1 aliphatic rings. The monoisotopic (exact) mass is 328 g/mol. The average Bonchev–Trinajstić information content (AvgIpc) is 3.29. The van der Waals surface area contributed by atoms with E-state index in [1.54, 1.807) is 12.1 Å². The van der Waals surface area contributed by atoms with Gasteiger partial charge in [-0.2, -0.15) is 0 Å². The molecule has 2 aromatic heterocycles. The van der Waals surface area contributed by atoms with Gasteiger partial charge in [0.25, 0.3) is 0 Å². The van der Waals surface area contributed by atoms with Gasteiger partial charge in [-0.05, 0) is 30.5 Å². The van der Waals surface area contributed by atoms with Crippen molar-refractivity contribution in [1.82, 2.24) is 14.5 Å². The van der Waals surface area contributed by atoms with Gasteiger partial charge >= 0.3 is 6.09 Å². The molecule has 1 aliphatic carbocycles. The second-order valence-corrected chi connectivity index (χ2v) is 5.85. The summed E-state index contributed by atoms with van der Waals surface area (Å²) < 4.78 is 7.01. The summed E-state index contributed by atoms with van der Waals surface area (Å²) in [7, 11) is 0. The highest BCUT2D eigenvalue weighted by molar-refractivity contribution is 6.35. The fraction of sp³-hybridized carbons (Fsp3) is 0.188. The molecule has 23 heavy (non-hydrogen) atoms. The molecule has 1 saturated carbocycles. The van der Waals surface area contributed by atoms with Gasteiger partial charge in [-0.15, -0.1) is 0 Å². The van der Waals surface area contributed by atoms with Gasteiger partial charge in [0.15, 0.2) is 0 Å². The van der Waals surface area contributed by atoms with Crippen LogP contribution in [-0.4, -0.2) is 20.6 Å². The quantitative estimate of drug-likeness (QED) is 0.745. The molecule has 3 aromatic rings. The van der Waals surface area contributed by atoms with Crippen molar-refractivity contribution in [2.45, 2.75) is 18.9 Å². The molecule has 0 saturated heterocycles. The van der Waals surface area contributed by atoms with Gasteiger partial charge in [-0.3, -0.25) is 0 Å². The van der Waals surface area contributed by atoms with Crippen molar-refractivity contribution < 1.29 is 9.53 Å². The number of amides is 1. The summed E-state index contributed by atoms with van der Waals surface area (Å²) in [6, 6.07) is 7.58. The summed E-state index contributed by atoms with van der Waals surface area (Å²) in [5, 5.41) is 1.27. The van der Waals surface area contributed by atoms with E-state index in [4.69, 9.17) is 22.1 Å². The van der Waals surface area contributed by atoms with E-state index in [1.807, 2.05) is 12.1 Å². The average molecular weight is 329 g/mol. The summed E-state index contributed by atoms with van der Waals surface area (Å²) in [6.45, 7) is 0. The van der Waals surface area contributed by atoms with Crippen LogP contribution in [-0.2, 0) is 0 Å². The Hall–Kier alpha value is -2.60. The second-order valence-electron chi connectivity index (χ2n) is 5.49. The Balaban J connectivity index is 1.83. The SMILES string of the molecule is NC(=O)Oc1ccc(-c2cn(C3CC3)c3ncnc(Cl)c23)cc1. The normalized spacial score (nSPS) is 14.1. The molecule has 0 radical (unpaired) electrons. The zero-order valence-corrected chi connectivity index (χ0v) is 12.8. The number of hydrogen-bond donors (Lipinski definition) is 1. The van der Waals surface area contributed by atoms with Crippen molar-refractivity contribution in [2.24, 2.45) is 5.73 Å². The number of aromatic nitrogens is 3. The Labute approximate surface area is 136 Å². The summed E-state index contributed by atoms with van der Waals surface area (Å²) in [5.41, 5.74) is 7.77. The van der Waals surface area contributed by atoms with Crippen LogP contribution in [0.4, 0.5) is 4.79 Å². The maximum atomic E-state index is 10.8. The predicted octanol–water partition coefficient (Wildman–Crippen LogP) is 3.54. The number of nitrogens with zero attached hydrogens (tertiary/aromatic N) is 3. The molecule has 6 nitrogen and oxygen atoms in total. The molecule has 4 rings (SSSR count). The highest BCUT2D eigenvalue weighted by atomic mass is 35.5. The number of benzene rings is 1. The van der Waals surface area contributed by atoms with Crippen LogP contribution in [0.15, 0.2) is 36.8 Å². The first-order valence-corrected chi connectivity index (χ1v) is 7.60. The number of fused-ring (bicyclic) bond motifs is 1. The predicted molar refractivity (Wildman–Crippen MR) is 86.5 cm³/mol. The minimum Gasteiger partial charge on any atom is -0.411 e. The summed E-state index contributed by atoms with van der Waals surface area (Å²) in [5.74, 6) is 0.398. The third-order valence-corrected chi connectivity index (χ3v) is 4.17. The van der Waals surface area contributed by atoms with E-state index in [0.717, 1.165) is 35.0 Å². The molecular formula is C16H13ClN4O2. The van der Waals surface area contributed by atoms with E-state index in [-0.39, 0.29) is 0 Å². The van der Waals surface area contributed by atoms with Crippen LogP contribution in [0, 0.1) is 0 Å². The van der Waals surface area contributed by atoms with Crippen molar-refractivity contribution in [3.05, 3.63) is 41.9 Å². The third-order valence-electron chi connectivity index (χ3n) is 3.89. The molecule has 7 heteroatoms. The lowest BCUT2D eigenvalue weighted by molar-refractivity contribution is 0.211. The molecular weight excluding hydrogens is 316 g/mol. The van der Waals surface area contributed by atoms with Gasteiger partial charge in [0, 0.05) is 17.8 Å². The van der Waals surface area contributed by atoms with Crippen molar-refractivity contribution in [3.63, 3.8) is 0 Å². The van der Waals surface area contributed by atoms with Crippen LogP contribution in [0.25, 0.3) is 22.2 Å². The lowest BCUT2D eigenvalue weighted by atomic mass is 10.1. The van der Waals surface area contributed by atoms with Crippen LogP contribution in [0.3, 0.4) is 0 Å². The van der Waals surface area contributed by atoms with Gasteiger partial charge in [-0.25, -0.2) is 14.8 Å². The molecule has 2 N–H and O–H groups in total. The van der Waals surface area contributed by atoms with Gasteiger partial charge in [0.2, 0.25) is 0 Å². The maximum Gasteiger partial charge on any atom is 0.409 e. The number of halogens is 1. The minimum absolute atomic E-state index is 0.398. The smallest absolute Gasteiger partial charge is 0.409 e. The Morgan fingerprint density at radius 2 is 2.00 bits per heavy atom. The van der Waals surface area contributed by atoms with Crippen molar-refractivity contribution in [3.8, 4) is 16.9 Å². The molecule has 0 bridgehead atoms. The Morgan fingerprint density at radius 1 is 1.26 bits per heavy atom. The van der Waals surface area contributed by atoms with E-state index >= 15 is 0 Å². The van der Waals surface area contributed by atoms with E-state index in [1.165, 1.54) is 6.33 Å². The minimum atomic E-state index is -0.834. The number of hydrogen-bond acceptors (Lipinski definition) is 4. The first-order chi connectivity index (χ1) is 11.1. The van der Waals surface area contributed by atoms with Gasteiger partial charge in [0.1, 0.15) is 22.9 Å². The largest absolute Gasteiger partial charge is 0.411 e. The van der Waals surface area contributed by atoms with Gasteiger partial charge < -0.3 is 15.0 Å². The molecule has 0 spiro atoms. The number of carbonyl (C=O) groups excluding carboxylic acids is 1. The fourth-order valence-corrected chi connectivity index (χ4v) is 2.95. The highest BCUT2D eigenvalue weighted by Crippen LogP contribution is 2.42. The fourth-order valence-electron chi connectivity index (χ4n) is 2.72. The molecule has 1 amide bonds. The number of nitrogens with two attached hydrogens (primary N) is 1. The van der Waals surface area contributed by atoms with E-state index < -0.39 is 6.09 Å². The van der Waals surface area contributed by atoms with Crippen molar-refractivity contribution in [1.29, 1.82) is 0 Å². The van der Waals surface area contributed by atoms with Crippen LogP contribution >= 0.6 is 11.6 Å². The Kier molecular flexibility index (Phi) is 3.20. The van der Waals surface area contributed by atoms with E-state index in [0.29, 0.717) is 16.9 Å². The first-order valence-electron chi connectivity index (χ1n) is 7.22. The van der Waals surface area contributed by atoms with Crippen LogP contribution in [0.1, 0.15) is 18.9 Å².